The minimum Gasteiger partial charge on any atom is -0.308 e. The largest absolute Gasteiger partial charge is 0.344 e. The molecule has 0 saturated heterocycles. The van der Waals surface area contributed by atoms with Gasteiger partial charge in [-0.15, -0.1) is 0 Å². The van der Waals surface area contributed by atoms with Gasteiger partial charge in [-0.25, -0.2) is 4.67 Å². The van der Waals surface area contributed by atoms with Gasteiger partial charge in [0.25, 0.3) is 0 Å². The molecule has 0 radical (unpaired) electrons. The van der Waals surface area contributed by atoms with Gasteiger partial charge < -0.3 is 9.05 Å². The zero-order valence-electron chi connectivity index (χ0n) is 8.44. The second-order valence-corrected chi connectivity index (χ2v) is 8.04. The average molecular weight is 282 g/mol. The fraction of sp³-hybridized carbons (Fsp3) is 1.00. The molecule has 0 N–H and O–H groups in total. The van der Waals surface area contributed by atoms with Crippen LogP contribution in [-0.2, 0) is 13.6 Å². The molecule has 0 heterocycles. The van der Waals surface area contributed by atoms with Crippen LogP contribution in [0.3, 0.4) is 0 Å². The van der Waals surface area contributed by atoms with Gasteiger partial charge in [0.1, 0.15) is 6.29 Å². The smallest absolute Gasteiger partial charge is 0.308 e. The molecule has 14 heavy (non-hydrogen) atoms. The lowest BCUT2D eigenvalue weighted by Crippen LogP contribution is -2.13. The summed E-state index contributed by atoms with van der Waals surface area (Å²) in [5, 5.41) is 0. The van der Waals surface area contributed by atoms with E-state index < -0.39 is 14.4 Å². The summed E-state index contributed by atoms with van der Waals surface area (Å²) >= 11 is 11.3. The van der Waals surface area contributed by atoms with Crippen LogP contribution in [0.15, 0.2) is 0 Å². The van der Waals surface area contributed by atoms with Gasteiger partial charge in [-0.3, -0.25) is 4.57 Å². The lowest BCUT2D eigenvalue weighted by molar-refractivity contribution is 0.214. The predicted octanol–water partition coefficient (Wildman–Crippen LogP) is 3.85. The predicted molar refractivity (Wildman–Crippen MR) is 62.1 cm³/mol. The second-order valence-electron chi connectivity index (χ2n) is 2.46. The summed E-state index contributed by atoms with van der Waals surface area (Å²) in [4.78, 5) is 0. The monoisotopic (exact) mass is 281 g/mol. The molecule has 0 unspecified atom stereocenters. The zero-order chi connectivity index (χ0) is 11.2. The van der Waals surface area contributed by atoms with Gasteiger partial charge in [-0.05, 0) is 20.9 Å². The van der Waals surface area contributed by atoms with Crippen molar-refractivity contribution in [3.05, 3.63) is 0 Å². The molecular formula is C6H15Cl2NO3P2. The summed E-state index contributed by atoms with van der Waals surface area (Å²) in [5.41, 5.74) is 0. The minimum absolute atomic E-state index is 0.118. The molecule has 0 aromatic heterocycles. The summed E-state index contributed by atoms with van der Waals surface area (Å²) < 4.78 is 23.6. The van der Waals surface area contributed by atoms with Crippen molar-refractivity contribution < 1.29 is 13.6 Å². The van der Waals surface area contributed by atoms with Crippen molar-refractivity contribution in [2.75, 3.05) is 26.5 Å². The summed E-state index contributed by atoms with van der Waals surface area (Å²) in [6.07, 6.45) is 0.118. The quantitative estimate of drug-likeness (QED) is 0.665. The summed E-state index contributed by atoms with van der Waals surface area (Å²) in [6.45, 7) is 2.90. The number of hydrogen-bond donors (Lipinski definition) is 0. The van der Waals surface area contributed by atoms with Gasteiger partial charge >= 0.3 is 7.60 Å². The van der Waals surface area contributed by atoms with Crippen LogP contribution in [-0.4, -0.2) is 31.2 Å². The zero-order valence-corrected chi connectivity index (χ0v) is 11.7. The number of rotatable bonds is 7. The maximum absolute atomic E-state index is 11.9. The fourth-order valence-corrected chi connectivity index (χ4v) is 4.04. The van der Waals surface area contributed by atoms with Crippen LogP contribution < -0.4 is 0 Å². The van der Waals surface area contributed by atoms with Crippen LogP contribution in [0, 0.1) is 0 Å². The van der Waals surface area contributed by atoms with E-state index in [0.29, 0.717) is 13.2 Å². The van der Waals surface area contributed by atoms with Crippen molar-refractivity contribution in [1.82, 2.24) is 4.67 Å². The van der Waals surface area contributed by atoms with Gasteiger partial charge in [-0.1, -0.05) is 22.5 Å². The topological polar surface area (TPSA) is 38.8 Å². The lowest BCUT2D eigenvalue weighted by Gasteiger charge is -2.23. The molecule has 0 bridgehead atoms. The van der Waals surface area contributed by atoms with Gasteiger partial charge in [0.15, 0.2) is 6.78 Å². The van der Waals surface area contributed by atoms with E-state index in [2.05, 4.69) is 0 Å². The van der Waals surface area contributed by atoms with Crippen molar-refractivity contribution in [1.29, 1.82) is 0 Å². The Morgan fingerprint density at radius 2 is 1.71 bits per heavy atom. The van der Waals surface area contributed by atoms with Crippen molar-refractivity contribution in [3.8, 4) is 0 Å². The Hall–Kier alpha value is 1.12. The first kappa shape index (κ1) is 15.1. The van der Waals surface area contributed by atoms with E-state index in [1.807, 2.05) is 0 Å². The molecule has 86 valence electrons. The first-order valence-corrected chi connectivity index (χ1v) is 8.99. The highest BCUT2D eigenvalue weighted by Crippen LogP contribution is 2.56. The molecular weight excluding hydrogens is 267 g/mol. The molecule has 8 heteroatoms. The van der Waals surface area contributed by atoms with Crippen LogP contribution in [0.1, 0.15) is 13.8 Å². The molecule has 0 aromatic rings. The molecule has 0 aromatic carbocycles. The van der Waals surface area contributed by atoms with Gasteiger partial charge in [0.2, 0.25) is 0 Å². The maximum Gasteiger partial charge on any atom is 0.344 e. The van der Waals surface area contributed by atoms with Crippen molar-refractivity contribution in [2.24, 2.45) is 0 Å². The van der Waals surface area contributed by atoms with E-state index in [1.54, 1.807) is 25.6 Å². The third-order valence-corrected chi connectivity index (χ3v) is 5.79. The van der Waals surface area contributed by atoms with Crippen molar-refractivity contribution in [2.45, 2.75) is 13.8 Å². The minimum atomic E-state index is -3.06. The van der Waals surface area contributed by atoms with Crippen LogP contribution in [0.25, 0.3) is 0 Å². The molecule has 0 saturated carbocycles. The molecule has 0 fully saturated rings. The average Bonchev–Trinajstić information content (AvgIpc) is 2.04. The Balaban J connectivity index is 4.28. The Morgan fingerprint density at radius 3 is 2.00 bits per heavy atom. The Morgan fingerprint density at radius 1 is 1.29 bits per heavy atom. The van der Waals surface area contributed by atoms with Gasteiger partial charge in [-0.2, -0.15) is 0 Å². The number of hydrogen-bond acceptors (Lipinski definition) is 4. The Labute approximate surface area is 95.8 Å². The van der Waals surface area contributed by atoms with E-state index in [4.69, 9.17) is 31.5 Å². The number of halogens is 2. The number of nitrogens with zero attached hydrogens (tertiary/aromatic N) is 1. The molecule has 0 rings (SSSR count). The van der Waals surface area contributed by atoms with Gasteiger partial charge in [0.05, 0.1) is 13.2 Å². The maximum atomic E-state index is 11.9. The van der Waals surface area contributed by atoms with Crippen LogP contribution in [0.2, 0.25) is 0 Å². The van der Waals surface area contributed by atoms with Crippen LogP contribution in [0.4, 0.5) is 0 Å². The highest BCUT2D eigenvalue weighted by Gasteiger charge is 2.27. The first-order chi connectivity index (χ1) is 6.45. The highest BCUT2D eigenvalue weighted by molar-refractivity contribution is 8.02. The van der Waals surface area contributed by atoms with E-state index in [-0.39, 0.29) is 6.29 Å². The second kappa shape index (κ2) is 7.40. The normalized spacial score (nSPS) is 12.8. The van der Waals surface area contributed by atoms with E-state index in [9.17, 15) is 4.57 Å². The van der Waals surface area contributed by atoms with Crippen molar-refractivity contribution in [3.63, 3.8) is 0 Å². The van der Waals surface area contributed by atoms with Crippen LogP contribution >= 0.6 is 36.9 Å². The third kappa shape index (κ3) is 5.87. The molecule has 0 aliphatic carbocycles. The summed E-state index contributed by atoms with van der Waals surface area (Å²) in [6, 6.07) is 0. The Kier molecular flexibility index (Phi) is 7.99. The molecule has 0 aliphatic heterocycles. The molecule has 4 nitrogen and oxygen atoms in total. The van der Waals surface area contributed by atoms with Crippen molar-refractivity contribution >= 4 is 36.9 Å². The summed E-state index contributed by atoms with van der Waals surface area (Å²) in [7, 11) is -1.38. The van der Waals surface area contributed by atoms with Gasteiger partial charge in [0, 0.05) is 0 Å². The fourth-order valence-electron chi connectivity index (χ4n) is 0.811. The molecule has 0 atom stereocenters. The lowest BCUT2D eigenvalue weighted by atomic mass is 10.9. The molecule has 0 amide bonds. The molecule has 0 spiro atoms. The standard InChI is InChI=1S/C6H15Cl2NO3P2/c1-4-11-14(10,12-5-2)6-9(3)13(7)8/h4-6H2,1-3H3. The summed E-state index contributed by atoms with van der Waals surface area (Å²) in [5.74, 6) is 0. The molecule has 0 aliphatic rings. The first-order valence-electron chi connectivity index (χ1n) is 4.16. The van der Waals surface area contributed by atoms with E-state index in [0.717, 1.165) is 0 Å². The SMILES string of the molecule is CCOP(=O)(CN(C)P(Cl)Cl)OCC. The highest BCUT2D eigenvalue weighted by atomic mass is 35.9. The Bertz CT molecular complexity index is 196. The van der Waals surface area contributed by atoms with E-state index in [1.165, 1.54) is 0 Å². The van der Waals surface area contributed by atoms with Crippen LogP contribution in [0.5, 0.6) is 0 Å². The third-order valence-electron chi connectivity index (χ3n) is 1.29. The van der Waals surface area contributed by atoms with E-state index >= 15 is 0 Å².